The van der Waals surface area contributed by atoms with Crippen LogP contribution in [-0.4, -0.2) is 43.3 Å². The van der Waals surface area contributed by atoms with Gasteiger partial charge in [-0.05, 0) is 31.0 Å². The SMILES string of the molecule is OC(COc1c(Cl)cccc1Cl)CSc1nnc(-c2c[nH]c3ccccc23)n1C1CC1. The molecule has 0 saturated heterocycles. The summed E-state index contributed by atoms with van der Waals surface area (Å²) in [5.41, 5.74) is 2.11. The molecule has 1 aliphatic carbocycles. The third-order valence-corrected chi connectivity index (χ3v) is 6.83. The summed E-state index contributed by atoms with van der Waals surface area (Å²) in [6.07, 6.45) is 3.49. The van der Waals surface area contributed by atoms with Crippen LogP contribution in [0.15, 0.2) is 53.8 Å². The van der Waals surface area contributed by atoms with E-state index in [0.29, 0.717) is 27.6 Å². The van der Waals surface area contributed by atoms with Crippen LogP contribution in [0.3, 0.4) is 0 Å². The van der Waals surface area contributed by atoms with Crippen molar-refractivity contribution in [2.24, 2.45) is 0 Å². The van der Waals surface area contributed by atoms with Gasteiger partial charge in [0, 0.05) is 34.5 Å². The number of fused-ring (bicyclic) bond motifs is 1. The van der Waals surface area contributed by atoms with Crippen LogP contribution < -0.4 is 4.74 Å². The molecular weight excluding hydrogens is 455 g/mol. The minimum atomic E-state index is -0.710. The highest BCUT2D eigenvalue weighted by molar-refractivity contribution is 7.99. The molecule has 1 saturated carbocycles. The van der Waals surface area contributed by atoms with Crippen LogP contribution in [0.25, 0.3) is 22.3 Å². The Bertz CT molecular complexity index is 1200. The maximum atomic E-state index is 10.4. The molecule has 2 heterocycles. The number of hydrogen-bond donors (Lipinski definition) is 2. The van der Waals surface area contributed by atoms with Gasteiger partial charge >= 0.3 is 0 Å². The molecule has 4 aromatic rings. The Morgan fingerprint density at radius 2 is 1.90 bits per heavy atom. The lowest BCUT2D eigenvalue weighted by molar-refractivity contribution is 0.126. The van der Waals surface area contributed by atoms with Crippen LogP contribution in [-0.2, 0) is 0 Å². The molecule has 9 heteroatoms. The van der Waals surface area contributed by atoms with E-state index >= 15 is 0 Å². The van der Waals surface area contributed by atoms with E-state index in [1.54, 1.807) is 18.2 Å². The van der Waals surface area contributed by atoms with Crippen molar-refractivity contribution < 1.29 is 9.84 Å². The number of aromatic nitrogens is 4. The van der Waals surface area contributed by atoms with Gasteiger partial charge in [-0.25, -0.2) is 0 Å². The predicted molar refractivity (Wildman–Crippen MR) is 124 cm³/mol. The predicted octanol–water partition coefficient (Wildman–Crippen LogP) is 5.60. The zero-order chi connectivity index (χ0) is 21.4. The first-order valence-electron chi connectivity index (χ1n) is 10.0. The molecule has 5 rings (SSSR count). The molecule has 0 radical (unpaired) electrons. The summed E-state index contributed by atoms with van der Waals surface area (Å²) in [5.74, 6) is 1.66. The van der Waals surface area contributed by atoms with Crippen LogP contribution >= 0.6 is 35.0 Å². The second-order valence-electron chi connectivity index (χ2n) is 7.48. The molecule has 2 aromatic heterocycles. The van der Waals surface area contributed by atoms with Crippen LogP contribution in [0.1, 0.15) is 18.9 Å². The quantitative estimate of drug-likeness (QED) is 0.325. The second-order valence-corrected chi connectivity index (χ2v) is 9.28. The molecule has 0 amide bonds. The van der Waals surface area contributed by atoms with Crippen molar-refractivity contribution in [1.82, 2.24) is 19.7 Å². The van der Waals surface area contributed by atoms with Crippen LogP contribution in [0.5, 0.6) is 5.75 Å². The fourth-order valence-electron chi connectivity index (χ4n) is 3.50. The van der Waals surface area contributed by atoms with Gasteiger partial charge in [0.1, 0.15) is 6.61 Å². The minimum absolute atomic E-state index is 0.0866. The Kier molecular flexibility index (Phi) is 5.84. The fraction of sp³-hybridized carbons (Fsp3) is 0.273. The summed E-state index contributed by atoms with van der Waals surface area (Å²) < 4.78 is 7.84. The number of H-pyrrole nitrogens is 1. The molecule has 1 atom stereocenters. The Labute approximate surface area is 193 Å². The second kappa shape index (κ2) is 8.74. The van der Waals surface area contributed by atoms with Crippen LogP contribution in [0, 0.1) is 0 Å². The molecule has 2 aromatic carbocycles. The number of hydrogen-bond acceptors (Lipinski definition) is 5. The highest BCUT2D eigenvalue weighted by Gasteiger charge is 2.31. The third kappa shape index (κ3) is 4.28. The number of aromatic amines is 1. The first-order chi connectivity index (χ1) is 15.1. The van der Waals surface area contributed by atoms with Gasteiger partial charge in [-0.2, -0.15) is 0 Å². The number of aliphatic hydroxyl groups excluding tert-OH is 1. The highest BCUT2D eigenvalue weighted by atomic mass is 35.5. The monoisotopic (exact) mass is 474 g/mol. The van der Waals surface area contributed by atoms with Crippen LogP contribution in [0.4, 0.5) is 0 Å². The first kappa shape index (κ1) is 20.7. The van der Waals surface area contributed by atoms with E-state index in [9.17, 15) is 5.11 Å². The van der Waals surface area contributed by atoms with Crippen molar-refractivity contribution in [1.29, 1.82) is 0 Å². The van der Waals surface area contributed by atoms with E-state index < -0.39 is 6.10 Å². The summed E-state index contributed by atoms with van der Waals surface area (Å²) in [6.45, 7) is 0.0866. The molecular formula is C22H20Cl2N4O2S. The van der Waals surface area contributed by atoms with Gasteiger partial charge in [0.25, 0.3) is 0 Å². The van der Waals surface area contributed by atoms with E-state index in [2.05, 4.69) is 25.8 Å². The molecule has 6 nitrogen and oxygen atoms in total. The summed E-state index contributed by atoms with van der Waals surface area (Å²) in [5, 5.41) is 22.1. The molecule has 1 unspecified atom stereocenters. The molecule has 0 aliphatic heterocycles. The number of para-hydroxylation sites is 2. The topological polar surface area (TPSA) is 76.0 Å². The number of aliphatic hydroxyl groups is 1. The maximum absolute atomic E-state index is 10.4. The highest BCUT2D eigenvalue weighted by Crippen LogP contribution is 2.42. The molecule has 160 valence electrons. The van der Waals surface area contributed by atoms with Crippen molar-refractivity contribution in [3.63, 3.8) is 0 Å². The Morgan fingerprint density at radius 1 is 1.13 bits per heavy atom. The molecule has 1 aliphatic rings. The Balaban J connectivity index is 1.30. The van der Waals surface area contributed by atoms with E-state index in [-0.39, 0.29) is 6.61 Å². The van der Waals surface area contributed by atoms with Gasteiger partial charge in [-0.15, -0.1) is 10.2 Å². The average Bonchev–Trinajstić information content (AvgIpc) is 3.38. The number of benzene rings is 2. The largest absolute Gasteiger partial charge is 0.488 e. The van der Waals surface area contributed by atoms with Crippen molar-refractivity contribution >= 4 is 45.9 Å². The normalized spacial score (nSPS) is 14.8. The molecule has 31 heavy (non-hydrogen) atoms. The van der Waals surface area contributed by atoms with Gasteiger partial charge in [0.2, 0.25) is 0 Å². The Morgan fingerprint density at radius 3 is 2.68 bits per heavy atom. The number of nitrogens with one attached hydrogen (secondary N) is 1. The number of nitrogens with zero attached hydrogens (tertiary/aromatic N) is 3. The lowest BCUT2D eigenvalue weighted by Gasteiger charge is -2.14. The van der Waals surface area contributed by atoms with E-state index in [0.717, 1.165) is 40.3 Å². The standard InChI is InChI=1S/C22H20Cl2N4O2S/c23-17-5-3-6-18(24)20(17)30-11-14(29)12-31-22-27-26-21(28(22)13-8-9-13)16-10-25-19-7-2-1-4-15(16)19/h1-7,10,13-14,25,29H,8-9,11-12H2. The fourth-order valence-corrected chi connectivity index (χ4v) is 4.91. The summed E-state index contributed by atoms with van der Waals surface area (Å²) in [7, 11) is 0. The molecule has 2 N–H and O–H groups in total. The molecule has 1 fully saturated rings. The lowest BCUT2D eigenvalue weighted by Crippen LogP contribution is -2.20. The van der Waals surface area contributed by atoms with Gasteiger partial charge in [0.05, 0.1) is 16.1 Å². The number of thioether (sulfide) groups is 1. The van der Waals surface area contributed by atoms with E-state index in [1.807, 2.05) is 24.4 Å². The van der Waals surface area contributed by atoms with Gasteiger partial charge in [0.15, 0.2) is 16.7 Å². The van der Waals surface area contributed by atoms with Gasteiger partial charge in [-0.1, -0.05) is 59.2 Å². The number of rotatable bonds is 8. The summed E-state index contributed by atoms with van der Waals surface area (Å²) in [6, 6.07) is 13.7. The Hall–Kier alpha value is -2.19. The third-order valence-electron chi connectivity index (χ3n) is 5.15. The van der Waals surface area contributed by atoms with Crippen molar-refractivity contribution in [2.45, 2.75) is 30.1 Å². The van der Waals surface area contributed by atoms with Crippen LogP contribution in [0.2, 0.25) is 10.0 Å². The van der Waals surface area contributed by atoms with Gasteiger partial charge < -0.3 is 14.8 Å². The van der Waals surface area contributed by atoms with E-state index in [1.165, 1.54) is 11.8 Å². The number of halogens is 2. The van der Waals surface area contributed by atoms with E-state index in [4.69, 9.17) is 27.9 Å². The zero-order valence-corrected chi connectivity index (χ0v) is 18.8. The smallest absolute Gasteiger partial charge is 0.191 e. The minimum Gasteiger partial charge on any atom is -0.488 e. The average molecular weight is 475 g/mol. The summed E-state index contributed by atoms with van der Waals surface area (Å²) in [4.78, 5) is 3.31. The number of ether oxygens (including phenoxy) is 1. The zero-order valence-electron chi connectivity index (χ0n) is 16.5. The molecule has 0 spiro atoms. The van der Waals surface area contributed by atoms with Gasteiger partial charge in [-0.3, -0.25) is 4.57 Å². The van der Waals surface area contributed by atoms with Crippen molar-refractivity contribution in [3.8, 4) is 17.1 Å². The maximum Gasteiger partial charge on any atom is 0.191 e. The van der Waals surface area contributed by atoms with Crippen molar-refractivity contribution in [2.75, 3.05) is 12.4 Å². The summed E-state index contributed by atoms with van der Waals surface area (Å²) >= 11 is 13.7. The lowest BCUT2D eigenvalue weighted by atomic mass is 10.1. The van der Waals surface area contributed by atoms with Crippen molar-refractivity contribution in [3.05, 3.63) is 58.7 Å². The molecule has 0 bridgehead atoms. The first-order valence-corrected chi connectivity index (χ1v) is 11.7.